The van der Waals surface area contributed by atoms with Gasteiger partial charge in [-0.25, -0.2) is 0 Å². The molecule has 2 aromatic heterocycles. The molecule has 0 radical (unpaired) electrons. The topological polar surface area (TPSA) is 59.8 Å². The minimum atomic E-state index is -0.0829. The summed E-state index contributed by atoms with van der Waals surface area (Å²) >= 11 is 0. The Morgan fingerprint density at radius 3 is 2.77 bits per heavy atom. The van der Waals surface area contributed by atoms with Crippen LogP contribution in [0.2, 0.25) is 0 Å². The van der Waals surface area contributed by atoms with Crippen LogP contribution < -0.4 is 5.32 Å². The number of aryl methyl sites for hydroxylation is 1. The summed E-state index contributed by atoms with van der Waals surface area (Å²) in [6.45, 7) is 7.12. The van der Waals surface area contributed by atoms with Crippen molar-refractivity contribution < 1.29 is 4.79 Å². The van der Waals surface area contributed by atoms with Crippen LogP contribution in [0.5, 0.6) is 0 Å². The van der Waals surface area contributed by atoms with Gasteiger partial charge in [-0.15, -0.1) is 0 Å². The van der Waals surface area contributed by atoms with E-state index in [1.807, 2.05) is 18.3 Å². The molecule has 0 spiro atoms. The second kappa shape index (κ2) is 7.73. The Morgan fingerprint density at radius 1 is 1.32 bits per heavy atom. The van der Waals surface area contributed by atoms with Crippen molar-refractivity contribution in [3.8, 4) is 0 Å². The Hall–Kier alpha value is -2.17. The Labute approximate surface area is 131 Å². The maximum Gasteiger partial charge on any atom is 0.270 e. The third-order valence-corrected chi connectivity index (χ3v) is 3.48. The van der Waals surface area contributed by atoms with Gasteiger partial charge in [-0.3, -0.25) is 14.5 Å². The van der Waals surface area contributed by atoms with E-state index in [0.717, 1.165) is 24.9 Å². The highest BCUT2D eigenvalue weighted by Gasteiger charge is 2.19. The molecule has 0 aliphatic heterocycles. The zero-order chi connectivity index (χ0) is 15.9. The first kappa shape index (κ1) is 16.2. The standard InChI is InChI=1S/C17H24N4O/c1-4-10-21-16(7-9-19-21)17(22)20-15(11-13(2)3)14-6-5-8-18-12-14/h5-9,12-13,15H,4,10-11H2,1-3H3,(H,20,22)/t15-/m0/s1. The second-order valence-electron chi connectivity index (χ2n) is 5.88. The molecule has 118 valence electrons. The van der Waals surface area contributed by atoms with Crippen LogP contribution in [0.25, 0.3) is 0 Å². The molecule has 0 saturated heterocycles. The summed E-state index contributed by atoms with van der Waals surface area (Å²) < 4.78 is 1.75. The van der Waals surface area contributed by atoms with Gasteiger partial charge in [0.25, 0.3) is 5.91 Å². The minimum absolute atomic E-state index is 0.0359. The molecule has 0 bridgehead atoms. The average molecular weight is 300 g/mol. The lowest BCUT2D eigenvalue weighted by Crippen LogP contribution is -2.31. The largest absolute Gasteiger partial charge is 0.344 e. The van der Waals surface area contributed by atoms with Gasteiger partial charge in [0.1, 0.15) is 5.69 Å². The van der Waals surface area contributed by atoms with E-state index in [0.29, 0.717) is 11.6 Å². The first-order chi connectivity index (χ1) is 10.6. The fraction of sp³-hybridized carbons (Fsp3) is 0.471. The highest BCUT2D eigenvalue weighted by Crippen LogP contribution is 2.21. The van der Waals surface area contributed by atoms with Crippen molar-refractivity contribution in [3.05, 3.63) is 48.0 Å². The van der Waals surface area contributed by atoms with Gasteiger partial charge in [0.15, 0.2) is 0 Å². The Kier molecular flexibility index (Phi) is 5.69. The van der Waals surface area contributed by atoms with Crippen LogP contribution in [0.1, 0.15) is 55.7 Å². The van der Waals surface area contributed by atoms with Crippen LogP contribution >= 0.6 is 0 Å². The number of aromatic nitrogens is 3. The normalized spacial score (nSPS) is 12.4. The molecule has 1 amide bonds. The highest BCUT2D eigenvalue weighted by atomic mass is 16.2. The van der Waals surface area contributed by atoms with Crippen molar-refractivity contribution in [3.63, 3.8) is 0 Å². The number of hydrogen-bond acceptors (Lipinski definition) is 3. The molecule has 2 aromatic rings. The highest BCUT2D eigenvalue weighted by molar-refractivity contribution is 5.92. The van der Waals surface area contributed by atoms with Crippen molar-refractivity contribution in [1.29, 1.82) is 0 Å². The molecule has 1 atom stereocenters. The quantitative estimate of drug-likeness (QED) is 0.854. The molecule has 0 aliphatic carbocycles. The number of rotatable bonds is 7. The van der Waals surface area contributed by atoms with Crippen molar-refractivity contribution in [2.24, 2.45) is 5.92 Å². The number of nitrogens with one attached hydrogen (secondary N) is 1. The van der Waals surface area contributed by atoms with E-state index in [9.17, 15) is 4.79 Å². The predicted molar refractivity (Wildman–Crippen MR) is 86.4 cm³/mol. The first-order valence-electron chi connectivity index (χ1n) is 7.84. The summed E-state index contributed by atoms with van der Waals surface area (Å²) in [6, 6.07) is 5.63. The fourth-order valence-corrected chi connectivity index (χ4v) is 2.48. The monoisotopic (exact) mass is 300 g/mol. The molecular weight excluding hydrogens is 276 g/mol. The fourth-order valence-electron chi connectivity index (χ4n) is 2.48. The van der Waals surface area contributed by atoms with Gasteiger partial charge in [0, 0.05) is 25.1 Å². The van der Waals surface area contributed by atoms with E-state index in [1.165, 1.54) is 0 Å². The van der Waals surface area contributed by atoms with Crippen LogP contribution in [-0.2, 0) is 6.54 Å². The Bertz CT molecular complexity index is 592. The predicted octanol–water partition coefficient (Wildman–Crippen LogP) is 3.21. The molecule has 5 nitrogen and oxygen atoms in total. The molecule has 1 N–H and O–H groups in total. The second-order valence-corrected chi connectivity index (χ2v) is 5.88. The molecule has 0 aromatic carbocycles. The SMILES string of the molecule is CCCn1nccc1C(=O)N[C@@H](CC(C)C)c1cccnc1. The van der Waals surface area contributed by atoms with E-state index in [1.54, 1.807) is 23.1 Å². The third kappa shape index (κ3) is 4.16. The smallest absolute Gasteiger partial charge is 0.270 e. The molecule has 2 rings (SSSR count). The van der Waals surface area contributed by atoms with Crippen molar-refractivity contribution >= 4 is 5.91 Å². The summed E-state index contributed by atoms with van der Waals surface area (Å²) in [6.07, 6.45) is 7.05. The van der Waals surface area contributed by atoms with Crippen LogP contribution in [0.15, 0.2) is 36.8 Å². The number of pyridine rings is 1. The van der Waals surface area contributed by atoms with Gasteiger partial charge >= 0.3 is 0 Å². The third-order valence-electron chi connectivity index (χ3n) is 3.48. The number of hydrogen-bond donors (Lipinski definition) is 1. The maximum absolute atomic E-state index is 12.6. The van der Waals surface area contributed by atoms with Crippen LogP contribution in [0.3, 0.4) is 0 Å². The average Bonchev–Trinajstić information content (AvgIpc) is 2.96. The van der Waals surface area contributed by atoms with Crippen molar-refractivity contribution in [2.75, 3.05) is 0 Å². The molecule has 5 heteroatoms. The summed E-state index contributed by atoms with van der Waals surface area (Å²) in [5.74, 6) is 0.395. The van der Waals surface area contributed by atoms with Gasteiger partial charge in [-0.05, 0) is 36.5 Å². The van der Waals surface area contributed by atoms with Crippen molar-refractivity contribution in [2.45, 2.75) is 46.2 Å². The summed E-state index contributed by atoms with van der Waals surface area (Å²) in [4.78, 5) is 16.7. The zero-order valence-electron chi connectivity index (χ0n) is 13.5. The first-order valence-corrected chi connectivity index (χ1v) is 7.84. The maximum atomic E-state index is 12.6. The Morgan fingerprint density at radius 2 is 2.14 bits per heavy atom. The summed E-state index contributed by atoms with van der Waals surface area (Å²) in [7, 11) is 0. The lowest BCUT2D eigenvalue weighted by atomic mass is 9.98. The van der Waals surface area contributed by atoms with Crippen LogP contribution in [0.4, 0.5) is 0 Å². The van der Waals surface area contributed by atoms with Crippen LogP contribution in [0, 0.1) is 5.92 Å². The minimum Gasteiger partial charge on any atom is -0.344 e. The number of nitrogens with zero attached hydrogens (tertiary/aromatic N) is 3. The molecule has 2 heterocycles. The molecule has 0 aliphatic rings. The van der Waals surface area contributed by atoms with Crippen molar-refractivity contribution in [1.82, 2.24) is 20.1 Å². The van der Waals surface area contributed by atoms with E-state index >= 15 is 0 Å². The summed E-state index contributed by atoms with van der Waals surface area (Å²) in [5.41, 5.74) is 1.64. The lowest BCUT2D eigenvalue weighted by Gasteiger charge is -2.21. The van der Waals surface area contributed by atoms with E-state index < -0.39 is 0 Å². The van der Waals surface area contributed by atoms with E-state index in [2.05, 4.69) is 36.2 Å². The molecule has 0 saturated carbocycles. The van der Waals surface area contributed by atoms with Gasteiger partial charge in [-0.1, -0.05) is 26.8 Å². The number of amides is 1. The zero-order valence-corrected chi connectivity index (χ0v) is 13.5. The van der Waals surface area contributed by atoms with Gasteiger partial charge < -0.3 is 5.32 Å². The van der Waals surface area contributed by atoms with Gasteiger partial charge in [-0.2, -0.15) is 5.10 Å². The van der Waals surface area contributed by atoms with E-state index in [-0.39, 0.29) is 11.9 Å². The Balaban J connectivity index is 2.16. The molecular formula is C17H24N4O. The van der Waals surface area contributed by atoms with Gasteiger partial charge in [0.05, 0.1) is 6.04 Å². The van der Waals surface area contributed by atoms with E-state index in [4.69, 9.17) is 0 Å². The molecule has 0 unspecified atom stereocenters. The van der Waals surface area contributed by atoms with Gasteiger partial charge in [0.2, 0.25) is 0 Å². The van der Waals surface area contributed by atoms with Crippen LogP contribution in [-0.4, -0.2) is 20.7 Å². The molecule has 22 heavy (non-hydrogen) atoms. The molecule has 0 fully saturated rings. The summed E-state index contributed by atoms with van der Waals surface area (Å²) in [5, 5.41) is 7.34. The number of carbonyl (C=O) groups excluding carboxylic acids is 1. The number of carbonyl (C=O) groups is 1. The lowest BCUT2D eigenvalue weighted by molar-refractivity contribution is 0.0920.